The lowest BCUT2D eigenvalue weighted by molar-refractivity contribution is 0.0134. The first kappa shape index (κ1) is 149. The van der Waals surface area contributed by atoms with E-state index in [9.17, 15) is 0 Å². The molecule has 0 aliphatic rings. The van der Waals surface area contributed by atoms with Gasteiger partial charge in [-0.15, -0.1) is 0 Å². The first-order chi connectivity index (χ1) is 58.5. The third-order valence-corrected chi connectivity index (χ3v) is 24.9. The van der Waals surface area contributed by atoms with Gasteiger partial charge in [0.05, 0.1) is 5.60 Å². The average Bonchev–Trinajstić information content (AvgIpc) is 0.941. The quantitative estimate of drug-likeness (QED) is 0.0552. The van der Waals surface area contributed by atoms with Crippen molar-refractivity contribution < 1.29 is 4.74 Å². The maximum absolute atomic E-state index is 5.38. The number of rotatable bonds is 66. The molecule has 0 aromatic carbocycles. The Balaban J connectivity index is -0.000000129. The molecule has 0 radical (unpaired) electrons. The van der Waals surface area contributed by atoms with Crippen molar-refractivity contribution >= 4 is 0 Å². The molecule has 0 spiro atoms. The van der Waals surface area contributed by atoms with Gasteiger partial charge >= 0.3 is 0 Å². The predicted octanol–water partition coefficient (Wildman–Crippen LogP) is 48.1. The number of hydrogen-bond donors (Lipinski definition) is 0. The zero-order valence-corrected chi connectivity index (χ0v) is 99.4. The molecule has 0 aromatic heterocycles. The molecule has 1 unspecified atom stereocenters. The number of ether oxygens (including phenoxy) is 1. The van der Waals surface area contributed by atoms with Crippen LogP contribution in [0.4, 0.5) is 0 Å². The van der Waals surface area contributed by atoms with E-state index in [1.54, 1.807) is 7.11 Å². The van der Waals surface area contributed by atoms with Crippen molar-refractivity contribution in [3.8, 4) is 0 Å². The van der Waals surface area contributed by atoms with Gasteiger partial charge in [0.2, 0.25) is 0 Å². The lowest BCUT2D eigenvalue weighted by Gasteiger charge is -2.24. The molecule has 126 heavy (non-hydrogen) atoms. The topological polar surface area (TPSA) is 9.23 Å². The average molecular weight is 1790 g/mol. The van der Waals surface area contributed by atoms with Gasteiger partial charge in [-0.3, -0.25) is 0 Å². The van der Waals surface area contributed by atoms with E-state index in [2.05, 4.69) is 312 Å². The molecule has 1 nitrogen and oxygen atoms in total. The van der Waals surface area contributed by atoms with Crippen LogP contribution in [0, 0.1) is 105 Å². The fourth-order valence-electron chi connectivity index (χ4n) is 15.2. The minimum Gasteiger partial charge on any atom is -0.379 e. The first-order valence-corrected chi connectivity index (χ1v) is 58.1. The van der Waals surface area contributed by atoms with E-state index >= 15 is 0 Å². The maximum atomic E-state index is 5.38. The van der Waals surface area contributed by atoms with Crippen molar-refractivity contribution in [2.45, 2.75) is 702 Å². The first-order valence-electron chi connectivity index (χ1n) is 58.1. The maximum Gasteiger partial charge on any atom is 0.0622 e. The van der Waals surface area contributed by atoms with Crippen LogP contribution in [0.3, 0.4) is 0 Å². The molecule has 1 heteroatoms. The molecule has 0 aromatic rings. The summed E-state index contributed by atoms with van der Waals surface area (Å²) in [6, 6.07) is 0. The van der Waals surface area contributed by atoms with Crippen molar-refractivity contribution in [2.24, 2.45) is 105 Å². The standard InChI is InChI=1S/C15H32.C13H28O.2C13H28.C12H26.3C11H24.C10H22.C9H20.C7H16/c1-4-5-6-7-8-9-10-11-12-13-14-15(2)3;1-12(2)10-8-6-7-9-11-13(3,4)14-5;1-12(2)10-8-6-7-9-11-13(3,4)5;1-4-5-6-7-8-9-10-11-12-13(2)3;1-11(2)9-7-5-6-8-10-12(3)4;1-10(2)8-6-7-9-11(3,4)5;1-6-8-11(4,5)9-7-10(2)3;1-5-7-11(8-6-2)9-10(3)4;1-5-6-7-8-10(4)9(2)3;1-8(2)6-7-9(3,4)5;1-4-5-6-7(2)3/h15H,4-14H2,1-3H3;12H,6-11H2,1-5H3;12H,6-11H2,1-5H3;13H,4-12H2,1-3H3;11-12H,5-10H2,1-4H3;2*10H,6-9H2,1-5H3;10-11H,5-9H2,1-4H3;9-10H,5-8H2,1-4H3;8H,6-7H2,1-5H3;7H,4-6H2,1-3H3. The molecule has 0 N–H and O–H groups in total. The lowest BCUT2D eigenvalue weighted by Crippen LogP contribution is -2.21. The van der Waals surface area contributed by atoms with Crippen LogP contribution in [-0.4, -0.2) is 12.7 Å². The van der Waals surface area contributed by atoms with Gasteiger partial charge in [-0.1, -0.05) is 638 Å². The van der Waals surface area contributed by atoms with Crippen LogP contribution in [0.25, 0.3) is 0 Å². The Kier molecular flexibility index (Phi) is 128. The van der Waals surface area contributed by atoms with Crippen molar-refractivity contribution in [3.05, 3.63) is 0 Å². The molecule has 0 bridgehead atoms. The summed E-state index contributed by atoms with van der Waals surface area (Å²) < 4.78 is 5.38. The fraction of sp³-hybridized carbons (Fsp3) is 1.00. The van der Waals surface area contributed by atoms with Gasteiger partial charge in [-0.05, 0) is 163 Å². The van der Waals surface area contributed by atoms with Crippen LogP contribution in [-0.2, 0) is 4.74 Å². The number of unbranched alkanes of at least 4 members (excludes halogenated alkanes) is 29. The second-order valence-corrected chi connectivity index (χ2v) is 50.9. The lowest BCUT2D eigenvalue weighted by atomic mass is 9.82. The summed E-state index contributed by atoms with van der Waals surface area (Å²) in [6.45, 7) is 104. The largest absolute Gasteiger partial charge is 0.379 e. The molecule has 0 amide bonds. The zero-order chi connectivity index (χ0) is 99.7. The Hall–Kier alpha value is -0.0400. The molecule has 0 saturated heterocycles. The smallest absolute Gasteiger partial charge is 0.0622 e. The Morgan fingerprint density at radius 3 is 0.603 bits per heavy atom. The Morgan fingerprint density at radius 1 is 0.175 bits per heavy atom. The Bertz CT molecular complexity index is 1810. The summed E-state index contributed by atoms with van der Waals surface area (Å²) in [5, 5.41) is 0. The van der Waals surface area contributed by atoms with E-state index in [0.717, 1.165) is 82.9 Å². The third kappa shape index (κ3) is 184. The van der Waals surface area contributed by atoms with Crippen LogP contribution < -0.4 is 0 Å². The third-order valence-electron chi connectivity index (χ3n) is 24.9. The van der Waals surface area contributed by atoms with Gasteiger partial charge in [0.1, 0.15) is 0 Å². The summed E-state index contributed by atoms with van der Waals surface area (Å²) in [7, 11) is 1.80. The summed E-state index contributed by atoms with van der Waals surface area (Å²) in [4.78, 5) is 0. The van der Waals surface area contributed by atoms with E-state index in [4.69, 9.17) is 4.74 Å². The van der Waals surface area contributed by atoms with Crippen molar-refractivity contribution in [3.63, 3.8) is 0 Å². The number of methoxy groups -OCH3 is 1. The van der Waals surface area contributed by atoms with E-state index in [1.165, 1.54) is 385 Å². The molecule has 0 fully saturated rings. The van der Waals surface area contributed by atoms with Gasteiger partial charge in [0.25, 0.3) is 0 Å². The Morgan fingerprint density at radius 2 is 0.389 bits per heavy atom. The predicted molar refractivity (Wildman–Crippen MR) is 601 cm³/mol. The summed E-state index contributed by atoms with van der Waals surface area (Å²) in [5.41, 5.74) is 2.27. The molecular weight excluding hydrogens is 1520 g/mol. The molecule has 0 aliphatic heterocycles. The molecule has 0 rings (SSSR count). The minimum atomic E-state index is 0.0814. The van der Waals surface area contributed by atoms with Gasteiger partial charge < -0.3 is 4.74 Å². The SMILES string of the molecule is CC(C)CCC(C)(C)C.CC(C)CCCCC(C)(C)C.CC(C)CCCCCCC(C)(C)C.CC(C)CCCCCCC(C)C.CCCC(C)(C)CCC(C)C.CCCC(CCC)CC(C)C.CCCCC(C)C.CCCCCC(C)C(C)C.CCCCCCCCCCC(C)C.CCCCCCCCCCCCC(C)C.COC(C)(C)CCCCCCC(C)C. The highest BCUT2D eigenvalue weighted by molar-refractivity contribution is 4.71. The summed E-state index contributed by atoms with van der Waals surface area (Å²) >= 11 is 0. The summed E-state index contributed by atoms with van der Waals surface area (Å²) in [6.07, 6.45) is 84.7. The molecule has 778 valence electrons. The van der Waals surface area contributed by atoms with E-state index < -0.39 is 0 Å². The van der Waals surface area contributed by atoms with Crippen LogP contribution in [0.2, 0.25) is 0 Å². The van der Waals surface area contributed by atoms with Crippen molar-refractivity contribution in [1.82, 2.24) is 0 Å². The monoisotopic (exact) mass is 1790 g/mol. The molecule has 0 saturated carbocycles. The molecule has 0 aliphatic carbocycles. The van der Waals surface area contributed by atoms with E-state index in [1.807, 2.05) is 0 Å². The molecule has 0 heterocycles. The van der Waals surface area contributed by atoms with Gasteiger partial charge in [-0.25, -0.2) is 0 Å². The highest BCUT2D eigenvalue weighted by Crippen LogP contribution is 2.31. The fourth-order valence-corrected chi connectivity index (χ4v) is 15.2. The minimum absolute atomic E-state index is 0.0814. The van der Waals surface area contributed by atoms with E-state index in [-0.39, 0.29) is 5.60 Å². The van der Waals surface area contributed by atoms with Crippen molar-refractivity contribution in [2.75, 3.05) is 7.11 Å². The highest BCUT2D eigenvalue weighted by atomic mass is 16.5. The van der Waals surface area contributed by atoms with Gasteiger partial charge in [0, 0.05) is 7.11 Å². The summed E-state index contributed by atoms with van der Waals surface area (Å²) in [5.74, 6) is 12.6. The van der Waals surface area contributed by atoms with Crippen LogP contribution in [0.15, 0.2) is 0 Å². The van der Waals surface area contributed by atoms with Crippen molar-refractivity contribution in [1.29, 1.82) is 0 Å². The molecule has 1 atom stereocenters. The number of hydrogen-bond acceptors (Lipinski definition) is 1. The molecular formula is C125H272O. The van der Waals surface area contributed by atoms with E-state index in [0.29, 0.717) is 21.7 Å². The van der Waals surface area contributed by atoms with Gasteiger partial charge in [-0.2, -0.15) is 0 Å². The highest BCUT2D eigenvalue weighted by Gasteiger charge is 2.18. The second-order valence-electron chi connectivity index (χ2n) is 50.9. The van der Waals surface area contributed by atoms with Crippen LogP contribution in [0.1, 0.15) is 697 Å². The van der Waals surface area contributed by atoms with Crippen LogP contribution >= 0.6 is 0 Å². The zero-order valence-electron chi connectivity index (χ0n) is 99.4. The Labute approximate surface area is 813 Å². The van der Waals surface area contributed by atoms with Crippen LogP contribution in [0.5, 0.6) is 0 Å². The normalized spacial score (nSPS) is 12.0. The van der Waals surface area contributed by atoms with Gasteiger partial charge in [0.15, 0.2) is 0 Å². The second kappa shape index (κ2) is 109.